The number of hydrogen-bond acceptors (Lipinski definition) is 3. The van der Waals surface area contributed by atoms with Crippen LogP contribution in [0.5, 0.6) is 0 Å². The predicted octanol–water partition coefficient (Wildman–Crippen LogP) is 0.569. The lowest BCUT2D eigenvalue weighted by molar-refractivity contribution is -0.137. The molecule has 0 aromatic heterocycles. The van der Waals surface area contributed by atoms with Crippen LogP contribution in [-0.2, 0) is 14.8 Å². The number of carboxylic acid groups (broad SMARTS) is 1. The summed E-state index contributed by atoms with van der Waals surface area (Å²) in [5.41, 5.74) is 0. The summed E-state index contributed by atoms with van der Waals surface area (Å²) < 4.78 is 26.0. The van der Waals surface area contributed by atoms with Crippen molar-refractivity contribution in [2.24, 2.45) is 11.8 Å². The minimum absolute atomic E-state index is 0.103. The number of carbonyl (C=O) groups is 1. The van der Waals surface area contributed by atoms with E-state index in [9.17, 15) is 13.2 Å². The van der Waals surface area contributed by atoms with Crippen molar-refractivity contribution >= 4 is 16.0 Å². The molecule has 1 unspecified atom stereocenters. The van der Waals surface area contributed by atoms with E-state index in [-0.39, 0.29) is 18.1 Å². The summed E-state index contributed by atoms with van der Waals surface area (Å²) in [7, 11) is -3.28. The number of hydrogen-bond donors (Lipinski definition) is 2. The van der Waals surface area contributed by atoms with Crippen molar-refractivity contribution in [2.45, 2.75) is 38.1 Å². The Balaban J connectivity index is 1.90. The summed E-state index contributed by atoms with van der Waals surface area (Å²) >= 11 is 0. The van der Waals surface area contributed by atoms with Crippen LogP contribution in [0.25, 0.3) is 0 Å². The highest BCUT2D eigenvalue weighted by atomic mass is 32.2. The standard InChI is InChI=1S/C10H17NO4S/c12-10(13)5-9(8-3-4-8)11-16(14,15)6-7-1-2-7/h7-9,11H,1-6H2,(H,12,13). The molecule has 2 aliphatic carbocycles. The van der Waals surface area contributed by atoms with Crippen molar-refractivity contribution in [3.05, 3.63) is 0 Å². The zero-order chi connectivity index (χ0) is 11.8. The Morgan fingerprint density at radius 2 is 1.94 bits per heavy atom. The summed E-state index contributed by atoms with van der Waals surface area (Å²) in [5.74, 6) is -0.256. The molecule has 0 spiro atoms. The van der Waals surface area contributed by atoms with Crippen molar-refractivity contribution in [1.82, 2.24) is 4.72 Å². The maximum atomic E-state index is 11.7. The van der Waals surface area contributed by atoms with Gasteiger partial charge in [-0.2, -0.15) is 0 Å². The molecule has 5 nitrogen and oxygen atoms in total. The maximum absolute atomic E-state index is 11.7. The molecule has 2 saturated carbocycles. The lowest BCUT2D eigenvalue weighted by atomic mass is 10.1. The predicted molar refractivity (Wildman–Crippen MR) is 58.4 cm³/mol. The minimum Gasteiger partial charge on any atom is -0.481 e. The molecule has 0 amide bonds. The fourth-order valence-corrected chi connectivity index (χ4v) is 3.65. The van der Waals surface area contributed by atoms with E-state index in [1.54, 1.807) is 0 Å². The van der Waals surface area contributed by atoms with Crippen LogP contribution in [0.2, 0.25) is 0 Å². The number of carboxylic acids is 1. The second-order valence-corrected chi connectivity index (χ2v) is 6.68. The molecule has 0 radical (unpaired) electrons. The number of aliphatic carboxylic acids is 1. The molecule has 0 aromatic carbocycles. The molecule has 2 aliphatic rings. The molecule has 1 atom stereocenters. The van der Waals surface area contributed by atoms with Crippen molar-refractivity contribution < 1.29 is 18.3 Å². The van der Waals surface area contributed by atoms with Gasteiger partial charge in [-0.1, -0.05) is 0 Å². The van der Waals surface area contributed by atoms with Crippen LogP contribution in [0.4, 0.5) is 0 Å². The van der Waals surface area contributed by atoms with E-state index in [2.05, 4.69) is 4.72 Å². The van der Waals surface area contributed by atoms with Gasteiger partial charge in [-0.3, -0.25) is 4.79 Å². The molecule has 2 rings (SSSR count). The molecule has 16 heavy (non-hydrogen) atoms. The fraction of sp³-hybridized carbons (Fsp3) is 0.900. The van der Waals surface area contributed by atoms with E-state index in [4.69, 9.17) is 5.11 Å². The van der Waals surface area contributed by atoms with Crippen molar-refractivity contribution in [3.8, 4) is 0 Å². The monoisotopic (exact) mass is 247 g/mol. The molecule has 6 heteroatoms. The molecule has 92 valence electrons. The Labute approximate surface area is 95.3 Å². The van der Waals surface area contributed by atoms with Gasteiger partial charge in [0.15, 0.2) is 0 Å². The van der Waals surface area contributed by atoms with Crippen LogP contribution in [0.15, 0.2) is 0 Å². The molecular formula is C10H17NO4S. The van der Waals surface area contributed by atoms with Gasteiger partial charge in [0, 0.05) is 6.04 Å². The first-order valence-corrected chi connectivity index (χ1v) is 7.33. The van der Waals surface area contributed by atoms with Gasteiger partial charge in [-0.15, -0.1) is 0 Å². The Bertz CT molecular complexity index is 370. The van der Waals surface area contributed by atoms with Gasteiger partial charge in [0.05, 0.1) is 12.2 Å². The first-order valence-electron chi connectivity index (χ1n) is 5.68. The second kappa shape index (κ2) is 4.33. The van der Waals surface area contributed by atoms with E-state index in [0.717, 1.165) is 25.7 Å². The SMILES string of the molecule is O=C(O)CC(NS(=O)(=O)CC1CC1)C1CC1. The van der Waals surface area contributed by atoms with Gasteiger partial charge in [-0.05, 0) is 37.5 Å². The first kappa shape index (κ1) is 11.9. The lowest BCUT2D eigenvalue weighted by Gasteiger charge is -2.16. The molecule has 0 saturated heterocycles. The molecule has 0 heterocycles. The topological polar surface area (TPSA) is 83.5 Å². The third kappa shape index (κ3) is 3.75. The maximum Gasteiger partial charge on any atom is 0.304 e. The average molecular weight is 247 g/mol. The first-order chi connectivity index (χ1) is 7.46. The van der Waals surface area contributed by atoms with E-state index in [1.807, 2.05) is 0 Å². The van der Waals surface area contributed by atoms with Crippen molar-refractivity contribution in [1.29, 1.82) is 0 Å². The molecule has 0 aliphatic heterocycles. The summed E-state index contributed by atoms with van der Waals surface area (Å²) in [5, 5.41) is 8.72. The molecule has 2 N–H and O–H groups in total. The van der Waals surface area contributed by atoms with Gasteiger partial charge >= 0.3 is 5.97 Å². The highest BCUT2D eigenvalue weighted by Gasteiger charge is 2.36. The minimum atomic E-state index is -3.28. The normalized spacial score (nSPS) is 23.0. The summed E-state index contributed by atoms with van der Waals surface area (Å²) in [6.07, 6.45) is 3.73. The van der Waals surface area contributed by atoms with Gasteiger partial charge in [0.25, 0.3) is 0 Å². The Hall–Kier alpha value is -0.620. The van der Waals surface area contributed by atoms with Gasteiger partial charge < -0.3 is 5.11 Å². The van der Waals surface area contributed by atoms with E-state index < -0.39 is 22.0 Å². The van der Waals surface area contributed by atoms with Gasteiger partial charge in [0.2, 0.25) is 10.0 Å². The van der Waals surface area contributed by atoms with Crippen LogP contribution in [0, 0.1) is 11.8 Å². The average Bonchev–Trinajstić information content (AvgIpc) is 2.95. The molecule has 0 aromatic rings. The summed E-state index contributed by atoms with van der Waals surface area (Å²) in [4.78, 5) is 10.6. The highest BCUT2D eigenvalue weighted by molar-refractivity contribution is 7.89. The van der Waals surface area contributed by atoms with Crippen LogP contribution in [-0.4, -0.2) is 31.3 Å². The molecule has 0 bridgehead atoms. The van der Waals surface area contributed by atoms with Gasteiger partial charge in [-0.25, -0.2) is 13.1 Å². The molecule has 2 fully saturated rings. The number of nitrogens with one attached hydrogen (secondary N) is 1. The lowest BCUT2D eigenvalue weighted by Crippen LogP contribution is -2.39. The quantitative estimate of drug-likeness (QED) is 0.689. The van der Waals surface area contributed by atoms with Crippen LogP contribution < -0.4 is 4.72 Å². The third-order valence-electron chi connectivity index (χ3n) is 3.07. The Morgan fingerprint density at radius 1 is 1.31 bits per heavy atom. The van der Waals surface area contributed by atoms with Crippen LogP contribution >= 0.6 is 0 Å². The third-order valence-corrected chi connectivity index (χ3v) is 4.64. The van der Waals surface area contributed by atoms with E-state index >= 15 is 0 Å². The number of rotatable bonds is 7. The fourth-order valence-electron chi connectivity index (χ4n) is 1.86. The Morgan fingerprint density at radius 3 is 2.38 bits per heavy atom. The summed E-state index contributed by atoms with van der Waals surface area (Å²) in [6.45, 7) is 0. The zero-order valence-corrected chi connectivity index (χ0v) is 9.87. The largest absolute Gasteiger partial charge is 0.481 e. The van der Waals surface area contributed by atoms with Crippen molar-refractivity contribution in [3.63, 3.8) is 0 Å². The van der Waals surface area contributed by atoms with Crippen LogP contribution in [0.3, 0.4) is 0 Å². The van der Waals surface area contributed by atoms with Crippen molar-refractivity contribution in [2.75, 3.05) is 5.75 Å². The Kier molecular flexibility index (Phi) is 3.21. The summed E-state index contributed by atoms with van der Waals surface area (Å²) in [6, 6.07) is -0.402. The van der Waals surface area contributed by atoms with Crippen LogP contribution in [0.1, 0.15) is 32.1 Å². The van der Waals surface area contributed by atoms with E-state index in [1.165, 1.54) is 0 Å². The highest BCUT2D eigenvalue weighted by Crippen LogP contribution is 2.35. The van der Waals surface area contributed by atoms with Gasteiger partial charge in [0.1, 0.15) is 0 Å². The van der Waals surface area contributed by atoms with E-state index in [0.29, 0.717) is 5.92 Å². The second-order valence-electron chi connectivity index (χ2n) is 4.88. The smallest absolute Gasteiger partial charge is 0.304 e. The molecular weight excluding hydrogens is 230 g/mol. The number of sulfonamides is 1. The zero-order valence-electron chi connectivity index (χ0n) is 9.05.